The highest BCUT2D eigenvalue weighted by molar-refractivity contribution is 5.97. The number of carbonyl (C=O) groups excluding carboxylic acids is 2. The van der Waals surface area contributed by atoms with Crippen LogP contribution in [0.5, 0.6) is 0 Å². The number of oxazole rings is 1. The number of benzene rings is 1. The first-order valence-corrected chi connectivity index (χ1v) is 9.22. The number of carbonyl (C=O) groups is 2. The molecule has 0 atom stereocenters. The summed E-state index contributed by atoms with van der Waals surface area (Å²) in [6.45, 7) is 2.48. The van der Waals surface area contributed by atoms with Crippen molar-refractivity contribution < 1.29 is 14.0 Å². The van der Waals surface area contributed by atoms with E-state index in [1.807, 2.05) is 4.90 Å². The molecule has 26 heavy (non-hydrogen) atoms. The van der Waals surface area contributed by atoms with Crippen LogP contribution in [-0.2, 0) is 11.8 Å². The van der Waals surface area contributed by atoms with Gasteiger partial charge in [-0.2, -0.15) is 0 Å². The highest BCUT2D eigenvalue weighted by Gasteiger charge is 2.31. The summed E-state index contributed by atoms with van der Waals surface area (Å²) in [5.74, 6) is -0.0644. The lowest BCUT2D eigenvalue weighted by atomic mass is 9.84. The second kappa shape index (κ2) is 6.63. The molecule has 2 aliphatic rings. The maximum absolute atomic E-state index is 12.9. The summed E-state index contributed by atoms with van der Waals surface area (Å²) in [4.78, 5) is 40.7. The molecule has 0 spiro atoms. The van der Waals surface area contributed by atoms with Crippen LogP contribution < -0.4 is 5.76 Å². The molecule has 7 nitrogen and oxygen atoms in total. The van der Waals surface area contributed by atoms with E-state index in [0.717, 1.165) is 25.7 Å². The van der Waals surface area contributed by atoms with E-state index in [-0.39, 0.29) is 17.7 Å². The van der Waals surface area contributed by atoms with E-state index in [9.17, 15) is 14.4 Å². The quantitative estimate of drug-likeness (QED) is 0.818. The first-order valence-electron chi connectivity index (χ1n) is 9.22. The van der Waals surface area contributed by atoms with Gasteiger partial charge in [0, 0.05) is 44.7 Å². The summed E-state index contributed by atoms with van der Waals surface area (Å²) in [5.41, 5.74) is 1.62. The van der Waals surface area contributed by atoms with Gasteiger partial charge in [-0.15, -0.1) is 0 Å². The highest BCUT2D eigenvalue weighted by atomic mass is 16.4. The predicted octanol–water partition coefficient (Wildman–Crippen LogP) is 1.61. The van der Waals surface area contributed by atoms with Crippen molar-refractivity contribution in [1.82, 2.24) is 14.4 Å². The van der Waals surface area contributed by atoms with E-state index < -0.39 is 5.76 Å². The summed E-state index contributed by atoms with van der Waals surface area (Å²) >= 11 is 0. The molecule has 1 aromatic heterocycles. The van der Waals surface area contributed by atoms with Gasteiger partial charge in [0.2, 0.25) is 5.91 Å². The summed E-state index contributed by atoms with van der Waals surface area (Å²) in [6, 6.07) is 5.05. The lowest BCUT2D eigenvalue weighted by molar-refractivity contribution is -0.138. The van der Waals surface area contributed by atoms with Crippen molar-refractivity contribution in [1.29, 1.82) is 0 Å². The van der Waals surface area contributed by atoms with Crippen molar-refractivity contribution in [3.63, 3.8) is 0 Å². The Hall–Kier alpha value is -2.57. The Morgan fingerprint density at radius 1 is 1.04 bits per heavy atom. The highest BCUT2D eigenvalue weighted by Crippen LogP contribution is 2.28. The average molecular weight is 357 g/mol. The van der Waals surface area contributed by atoms with Crippen LogP contribution in [0, 0.1) is 5.92 Å². The Morgan fingerprint density at radius 3 is 2.50 bits per heavy atom. The summed E-state index contributed by atoms with van der Waals surface area (Å²) in [7, 11) is 1.62. The van der Waals surface area contributed by atoms with Crippen molar-refractivity contribution in [3.8, 4) is 0 Å². The van der Waals surface area contributed by atoms with Crippen LogP contribution in [-0.4, -0.2) is 52.4 Å². The zero-order chi connectivity index (χ0) is 18.3. The molecule has 4 rings (SSSR count). The van der Waals surface area contributed by atoms with Crippen LogP contribution in [0.1, 0.15) is 36.0 Å². The topological polar surface area (TPSA) is 75.8 Å². The number of nitrogens with zero attached hydrogens (tertiary/aromatic N) is 3. The normalized spacial score (nSPS) is 18.7. The predicted molar refractivity (Wildman–Crippen MR) is 95.9 cm³/mol. The average Bonchev–Trinajstić information content (AvgIpc) is 2.78. The number of hydrogen-bond donors (Lipinski definition) is 0. The molecular formula is C19H23N3O4. The molecule has 1 saturated heterocycles. The van der Waals surface area contributed by atoms with Crippen LogP contribution in [0.2, 0.25) is 0 Å². The molecule has 0 unspecified atom stereocenters. The van der Waals surface area contributed by atoms with Crippen molar-refractivity contribution in [2.75, 3.05) is 26.2 Å². The van der Waals surface area contributed by atoms with Crippen molar-refractivity contribution >= 4 is 22.9 Å². The van der Waals surface area contributed by atoms with Crippen LogP contribution in [0.25, 0.3) is 11.1 Å². The van der Waals surface area contributed by atoms with E-state index in [1.54, 1.807) is 30.1 Å². The van der Waals surface area contributed by atoms with E-state index in [2.05, 4.69) is 0 Å². The minimum absolute atomic E-state index is 0.0708. The third-order valence-corrected chi connectivity index (χ3v) is 5.59. The second-order valence-corrected chi connectivity index (χ2v) is 7.21. The van der Waals surface area contributed by atoms with Gasteiger partial charge in [0.1, 0.15) is 0 Å². The van der Waals surface area contributed by atoms with Crippen LogP contribution in [0.15, 0.2) is 27.4 Å². The van der Waals surface area contributed by atoms with Gasteiger partial charge < -0.3 is 14.2 Å². The smallest absolute Gasteiger partial charge is 0.408 e. The molecule has 1 saturated carbocycles. The van der Waals surface area contributed by atoms with Gasteiger partial charge in [0.15, 0.2) is 5.58 Å². The Labute approximate surface area is 151 Å². The second-order valence-electron chi connectivity index (χ2n) is 7.21. The molecule has 0 N–H and O–H groups in total. The molecule has 1 aliphatic heterocycles. The molecule has 2 fully saturated rings. The number of rotatable bonds is 2. The Bertz CT molecular complexity index is 909. The fraction of sp³-hybridized carbons (Fsp3) is 0.526. The van der Waals surface area contributed by atoms with Crippen LogP contribution >= 0.6 is 0 Å². The first-order chi connectivity index (χ1) is 12.5. The van der Waals surface area contributed by atoms with Crippen LogP contribution in [0.3, 0.4) is 0 Å². The zero-order valence-electron chi connectivity index (χ0n) is 14.9. The summed E-state index contributed by atoms with van der Waals surface area (Å²) < 4.78 is 6.51. The largest absolute Gasteiger partial charge is 0.419 e. The maximum Gasteiger partial charge on any atom is 0.419 e. The molecule has 0 bridgehead atoms. The first kappa shape index (κ1) is 16.9. The maximum atomic E-state index is 12.9. The van der Waals surface area contributed by atoms with E-state index in [4.69, 9.17) is 4.42 Å². The minimum atomic E-state index is -0.440. The molecule has 2 aromatic rings. The molecule has 2 heterocycles. The molecule has 7 heteroatoms. The third kappa shape index (κ3) is 2.91. The Balaban J connectivity index is 1.48. The number of amides is 2. The molecule has 1 aliphatic carbocycles. The van der Waals surface area contributed by atoms with Crippen molar-refractivity contribution in [2.45, 2.75) is 25.7 Å². The minimum Gasteiger partial charge on any atom is -0.408 e. The van der Waals surface area contributed by atoms with Crippen LogP contribution in [0.4, 0.5) is 0 Å². The van der Waals surface area contributed by atoms with Crippen molar-refractivity contribution in [3.05, 3.63) is 34.3 Å². The van der Waals surface area contributed by atoms with Gasteiger partial charge in [-0.1, -0.05) is 6.42 Å². The number of fused-ring (bicyclic) bond motifs is 1. The fourth-order valence-electron chi connectivity index (χ4n) is 3.70. The Morgan fingerprint density at radius 2 is 1.77 bits per heavy atom. The van der Waals surface area contributed by atoms with Gasteiger partial charge in [-0.05, 0) is 37.5 Å². The molecular weight excluding hydrogens is 334 g/mol. The van der Waals surface area contributed by atoms with Gasteiger partial charge >= 0.3 is 5.76 Å². The van der Waals surface area contributed by atoms with E-state index >= 15 is 0 Å². The third-order valence-electron chi connectivity index (χ3n) is 5.59. The standard InChI is InChI=1S/C19H23N3O4/c1-20-15-12-14(6-7-16(15)26-19(20)25)18(24)22-9-3-8-21(10-11-22)17(23)13-4-2-5-13/h6-7,12-13H,2-5,8-11H2,1H3. The lowest BCUT2D eigenvalue weighted by Crippen LogP contribution is -2.41. The summed E-state index contributed by atoms with van der Waals surface area (Å²) in [5, 5.41) is 0. The van der Waals surface area contributed by atoms with E-state index in [0.29, 0.717) is 42.8 Å². The van der Waals surface area contributed by atoms with Crippen molar-refractivity contribution in [2.24, 2.45) is 13.0 Å². The van der Waals surface area contributed by atoms with Gasteiger partial charge in [0.05, 0.1) is 5.52 Å². The number of aromatic nitrogens is 1. The molecule has 0 radical (unpaired) electrons. The molecule has 138 valence electrons. The van der Waals surface area contributed by atoms with Gasteiger partial charge in [-0.25, -0.2) is 4.79 Å². The number of hydrogen-bond acceptors (Lipinski definition) is 4. The zero-order valence-corrected chi connectivity index (χ0v) is 14.9. The number of aryl methyl sites for hydroxylation is 1. The Kier molecular flexibility index (Phi) is 4.30. The van der Waals surface area contributed by atoms with E-state index in [1.165, 1.54) is 4.57 Å². The van der Waals surface area contributed by atoms with Gasteiger partial charge in [-0.3, -0.25) is 14.2 Å². The van der Waals surface area contributed by atoms with Gasteiger partial charge in [0.25, 0.3) is 5.91 Å². The monoisotopic (exact) mass is 357 g/mol. The molecule has 2 amide bonds. The molecule has 1 aromatic carbocycles. The lowest BCUT2D eigenvalue weighted by Gasteiger charge is -2.31. The SMILES string of the molecule is Cn1c(=O)oc2ccc(C(=O)N3CCCN(C(=O)C4CCC4)CC3)cc21. The fourth-order valence-corrected chi connectivity index (χ4v) is 3.70. The summed E-state index contributed by atoms with van der Waals surface area (Å²) in [6.07, 6.45) is 3.94.